The summed E-state index contributed by atoms with van der Waals surface area (Å²) in [5, 5.41) is 18.5. The second kappa shape index (κ2) is 6.63. The van der Waals surface area contributed by atoms with Gasteiger partial charge >= 0.3 is 6.09 Å². The first-order valence-electron chi connectivity index (χ1n) is 7.47. The molecule has 0 spiro atoms. The number of aromatic nitrogens is 3. The molecular weight excluding hydrogens is 342 g/mol. The molecule has 0 aromatic carbocycles. The average Bonchev–Trinajstić information content (AvgIpc) is 3.15. The molecule has 1 aromatic heterocycles. The summed E-state index contributed by atoms with van der Waals surface area (Å²) in [6.45, 7) is 1.06. The number of ether oxygens (including phenoxy) is 2. The topological polar surface area (TPSA) is 136 Å². The Bertz CT molecular complexity index is 701. The Morgan fingerprint density at radius 2 is 2.08 bits per heavy atom. The van der Waals surface area contributed by atoms with Gasteiger partial charge in [0.15, 0.2) is 6.29 Å². The molecule has 3 heterocycles. The van der Waals surface area contributed by atoms with Crippen molar-refractivity contribution in [1.82, 2.24) is 24.6 Å². The summed E-state index contributed by atoms with van der Waals surface area (Å²) in [5.74, 6) is -0.437. The molecule has 2 aliphatic rings. The standard InChI is InChI=1S/C12H19N5O6S/c1-16-7-10(14-15-16)24(20,21)17-5-8(9(6-17)13-12(18)19)11-22-3-2-4-23-11/h7-9,11,13H,2-6H2,1H3,(H,18,19)/t8-,9-/m0/s1. The Morgan fingerprint density at radius 3 is 2.67 bits per heavy atom. The number of sulfonamides is 1. The van der Waals surface area contributed by atoms with Gasteiger partial charge in [0, 0.05) is 26.1 Å². The van der Waals surface area contributed by atoms with Crippen molar-refractivity contribution in [1.29, 1.82) is 0 Å². The van der Waals surface area contributed by atoms with Gasteiger partial charge in [0.25, 0.3) is 10.0 Å². The first-order chi connectivity index (χ1) is 11.4. The van der Waals surface area contributed by atoms with E-state index in [1.807, 2.05) is 0 Å². The molecule has 2 fully saturated rings. The highest BCUT2D eigenvalue weighted by atomic mass is 32.2. The van der Waals surface area contributed by atoms with Crippen LogP contribution < -0.4 is 5.32 Å². The summed E-state index contributed by atoms with van der Waals surface area (Å²) in [6, 6.07) is -0.628. The fourth-order valence-electron chi connectivity index (χ4n) is 2.90. The summed E-state index contributed by atoms with van der Waals surface area (Å²) < 4.78 is 38.9. The molecule has 134 valence electrons. The van der Waals surface area contributed by atoms with Crippen molar-refractivity contribution in [2.24, 2.45) is 13.0 Å². The Labute approximate surface area is 138 Å². The summed E-state index contributed by atoms with van der Waals surface area (Å²) in [6.07, 6.45) is 0.190. The minimum absolute atomic E-state index is 0.0148. The molecule has 2 aliphatic heterocycles. The highest BCUT2D eigenvalue weighted by molar-refractivity contribution is 7.89. The molecule has 1 aromatic rings. The van der Waals surface area contributed by atoms with E-state index in [0.717, 1.165) is 6.42 Å². The van der Waals surface area contributed by atoms with E-state index in [4.69, 9.17) is 14.6 Å². The van der Waals surface area contributed by atoms with Crippen LogP contribution in [-0.4, -0.2) is 77.6 Å². The molecule has 24 heavy (non-hydrogen) atoms. The second-order valence-electron chi connectivity index (χ2n) is 5.74. The third-order valence-electron chi connectivity index (χ3n) is 4.03. The molecule has 3 rings (SSSR count). The normalized spacial score (nSPS) is 26.5. The van der Waals surface area contributed by atoms with Gasteiger partial charge in [-0.05, 0) is 6.42 Å². The van der Waals surface area contributed by atoms with Crippen molar-refractivity contribution in [2.75, 3.05) is 26.3 Å². The lowest BCUT2D eigenvalue weighted by Gasteiger charge is -2.30. The zero-order valence-electron chi connectivity index (χ0n) is 13.0. The smallest absolute Gasteiger partial charge is 0.404 e. The Balaban J connectivity index is 1.81. The molecule has 1 amide bonds. The maximum atomic E-state index is 12.7. The maximum Gasteiger partial charge on any atom is 0.404 e. The van der Waals surface area contributed by atoms with Gasteiger partial charge in [-0.2, -0.15) is 4.31 Å². The van der Waals surface area contributed by atoms with Gasteiger partial charge in [-0.3, -0.25) is 4.68 Å². The fourth-order valence-corrected chi connectivity index (χ4v) is 4.32. The van der Waals surface area contributed by atoms with Crippen LogP contribution in [0.1, 0.15) is 6.42 Å². The van der Waals surface area contributed by atoms with Gasteiger partial charge in [0.2, 0.25) is 5.03 Å². The Hall–Kier alpha value is -1.76. The lowest BCUT2D eigenvalue weighted by molar-refractivity contribution is -0.204. The lowest BCUT2D eigenvalue weighted by atomic mass is 10.0. The number of carboxylic acid groups (broad SMARTS) is 1. The monoisotopic (exact) mass is 361 g/mol. The molecule has 2 atom stereocenters. The van der Waals surface area contributed by atoms with E-state index in [1.54, 1.807) is 7.05 Å². The Kier molecular flexibility index (Phi) is 4.71. The summed E-state index contributed by atoms with van der Waals surface area (Å²) in [7, 11) is -2.30. The average molecular weight is 361 g/mol. The largest absolute Gasteiger partial charge is 0.465 e. The molecular formula is C12H19N5O6S. The number of carbonyl (C=O) groups is 1. The molecule has 11 nitrogen and oxygen atoms in total. The number of aryl methyl sites for hydroxylation is 1. The maximum absolute atomic E-state index is 12.7. The van der Waals surface area contributed by atoms with Crippen LogP contribution >= 0.6 is 0 Å². The Morgan fingerprint density at radius 1 is 1.38 bits per heavy atom. The highest BCUT2D eigenvalue weighted by Gasteiger charge is 2.45. The summed E-state index contributed by atoms with van der Waals surface area (Å²) >= 11 is 0. The minimum Gasteiger partial charge on any atom is -0.465 e. The zero-order valence-corrected chi connectivity index (χ0v) is 13.8. The summed E-state index contributed by atoms with van der Waals surface area (Å²) in [5.41, 5.74) is 0. The second-order valence-corrected chi connectivity index (χ2v) is 7.62. The van der Waals surface area contributed by atoms with Gasteiger partial charge < -0.3 is 19.9 Å². The zero-order chi connectivity index (χ0) is 17.3. The number of nitrogens with zero attached hydrogens (tertiary/aromatic N) is 4. The third-order valence-corrected chi connectivity index (χ3v) is 5.72. The van der Waals surface area contributed by atoms with Crippen LogP contribution in [0.25, 0.3) is 0 Å². The van der Waals surface area contributed by atoms with E-state index < -0.39 is 34.4 Å². The fraction of sp³-hybridized carbons (Fsp3) is 0.750. The number of hydrogen-bond donors (Lipinski definition) is 2. The van der Waals surface area contributed by atoms with Gasteiger partial charge in [-0.15, -0.1) is 5.10 Å². The van der Waals surface area contributed by atoms with Gasteiger partial charge in [-0.25, -0.2) is 13.2 Å². The molecule has 0 aliphatic carbocycles. The molecule has 0 bridgehead atoms. The first-order valence-corrected chi connectivity index (χ1v) is 8.91. The van der Waals surface area contributed by atoms with Gasteiger partial charge in [-0.1, -0.05) is 5.21 Å². The van der Waals surface area contributed by atoms with Crippen LogP contribution in [0.2, 0.25) is 0 Å². The lowest BCUT2D eigenvalue weighted by Crippen LogP contribution is -2.46. The predicted molar refractivity (Wildman–Crippen MR) is 78.5 cm³/mol. The van der Waals surface area contributed by atoms with Crippen LogP contribution in [0.5, 0.6) is 0 Å². The van der Waals surface area contributed by atoms with Crippen LogP contribution in [0.15, 0.2) is 11.2 Å². The van der Waals surface area contributed by atoms with Crippen molar-refractivity contribution >= 4 is 16.1 Å². The molecule has 2 saturated heterocycles. The van der Waals surface area contributed by atoms with E-state index in [2.05, 4.69) is 15.6 Å². The van der Waals surface area contributed by atoms with Crippen LogP contribution in [0.3, 0.4) is 0 Å². The SMILES string of the molecule is Cn1cc(S(=O)(=O)N2C[C@H](NC(=O)O)[C@@H](C3OCCCO3)C2)nn1. The third kappa shape index (κ3) is 3.36. The number of rotatable bonds is 4. The van der Waals surface area contributed by atoms with Crippen LogP contribution in [0.4, 0.5) is 4.79 Å². The van der Waals surface area contributed by atoms with E-state index in [0.29, 0.717) is 13.2 Å². The number of hydrogen-bond acceptors (Lipinski definition) is 7. The van der Waals surface area contributed by atoms with E-state index in [-0.39, 0.29) is 18.1 Å². The number of nitrogens with one attached hydrogen (secondary N) is 1. The first kappa shape index (κ1) is 17.1. The van der Waals surface area contributed by atoms with Crippen molar-refractivity contribution in [3.8, 4) is 0 Å². The van der Waals surface area contributed by atoms with E-state index in [1.165, 1.54) is 15.2 Å². The van der Waals surface area contributed by atoms with Gasteiger partial charge in [0.05, 0.1) is 25.5 Å². The van der Waals surface area contributed by atoms with Crippen LogP contribution in [-0.2, 0) is 26.5 Å². The predicted octanol–water partition coefficient (Wildman–Crippen LogP) is -1.17. The molecule has 0 unspecified atom stereocenters. The highest BCUT2D eigenvalue weighted by Crippen LogP contribution is 2.29. The molecule has 2 N–H and O–H groups in total. The molecule has 0 radical (unpaired) electrons. The molecule has 0 saturated carbocycles. The van der Waals surface area contributed by atoms with Crippen LogP contribution in [0, 0.1) is 5.92 Å². The minimum atomic E-state index is -3.86. The van der Waals surface area contributed by atoms with Gasteiger partial charge in [0.1, 0.15) is 0 Å². The van der Waals surface area contributed by atoms with E-state index >= 15 is 0 Å². The quantitative estimate of drug-likeness (QED) is 0.685. The molecule has 12 heteroatoms. The van der Waals surface area contributed by atoms with E-state index in [9.17, 15) is 13.2 Å². The number of amides is 1. The van der Waals surface area contributed by atoms with Crippen molar-refractivity contribution in [2.45, 2.75) is 23.8 Å². The van der Waals surface area contributed by atoms with Crippen molar-refractivity contribution in [3.05, 3.63) is 6.20 Å². The van der Waals surface area contributed by atoms with Crippen molar-refractivity contribution in [3.63, 3.8) is 0 Å². The van der Waals surface area contributed by atoms with Crippen molar-refractivity contribution < 1.29 is 27.8 Å². The summed E-state index contributed by atoms with van der Waals surface area (Å²) in [4.78, 5) is 11.0.